The molecule has 0 aliphatic heterocycles. The molecular weight excluding hydrogens is 292 g/mol. The number of hydrogen-bond donors (Lipinski definition) is 2. The Kier molecular flexibility index (Phi) is 5.71. The number of nitrogens with two attached hydrogens (primary N) is 1. The van der Waals surface area contributed by atoms with Crippen molar-refractivity contribution in [2.24, 2.45) is 5.84 Å². The molecule has 23 heavy (non-hydrogen) atoms. The maximum absolute atomic E-state index is 11.0. The van der Waals surface area contributed by atoms with E-state index in [1.807, 2.05) is 30.3 Å². The van der Waals surface area contributed by atoms with Crippen LogP contribution in [0.25, 0.3) is 5.70 Å². The smallest absolute Gasteiger partial charge is 0.212 e. The Morgan fingerprint density at radius 1 is 1.35 bits per heavy atom. The third-order valence-electron chi connectivity index (χ3n) is 3.30. The standard InChI is InChI=1S/C17H20N4O2/c1-21(18)16(13-7-8-17(23-2)20-11-13)9-10-19-15-6-4-3-5-14(15)12-22/h3-9,11-12,19H,10,18H2,1-2H3/b16-9-. The second kappa shape index (κ2) is 7.95. The average Bonchev–Trinajstić information content (AvgIpc) is 2.59. The molecule has 0 amide bonds. The molecule has 0 bridgehead atoms. The van der Waals surface area contributed by atoms with Crippen LogP contribution in [-0.2, 0) is 0 Å². The summed E-state index contributed by atoms with van der Waals surface area (Å²) in [6, 6.07) is 11.0. The Hall–Kier alpha value is -2.86. The van der Waals surface area contributed by atoms with Crippen LogP contribution >= 0.6 is 0 Å². The van der Waals surface area contributed by atoms with Crippen LogP contribution in [0.15, 0.2) is 48.7 Å². The maximum Gasteiger partial charge on any atom is 0.212 e. The molecule has 0 fully saturated rings. The van der Waals surface area contributed by atoms with Gasteiger partial charge in [-0.05, 0) is 24.3 Å². The molecule has 0 aliphatic carbocycles. The van der Waals surface area contributed by atoms with Gasteiger partial charge < -0.3 is 15.1 Å². The highest BCUT2D eigenvalue weighted by Gasteiger charge is 2.06. The van der Waals surface area contributed by atoms with Gasteiger partial charge in [0.1, 0.15) is 0 Å². The second-order valence-electron chi connectivity index (χ2n) is 4.88. The van der Waals surface area contributed by atoms with E-state index >= 15 is 0 Å². The summed E-state index contributed by atoms with van der Waals surface area (Å²) in [7, 11) is 3.33. The Balaban J connectivity index is 2.14. The number of ether oxygens (including phenoxy) is 1. The minimum Gasteiger partial charge on any atom is -0.481 e. The highest BCUT2D eigenvalue weighted by atomic mass is 16.5. The summed E-state index contributed by atoms with van der Waals surface area (Å²) in [4.78, 5) is 15.2. The quantitative estimate of drug-likeness (QED) is 0.463. The van der Waals surface area contributed by atoms with Gasteiger partial charge in [-0.25, -0.2) is 10.8 Å². The monoisotopic (exact) mass is 312 g/mol. The molecule has 6 heteroatoms. The summed E-state index contributed by atoms with van der Waals surface area (Å²) in [5.74, 6) is 6.44. The SMILES string of the molecule is COc1ccc(/C(=C/CNc2ccccc2C=O)N(C)N)cn1. The molecule has 0 aliphatic rings. The Bertz CT molecular complexity index is 681. The highest BCUT2D eigenvalue weighted by molar-refractivity contribution is 5.84. The number of hydrogen-bond acceptors (Lipinski definition) is 6. The van der Waals surface area contributed by atoms with Gasteiger partial charge in [-0.3, -0.25) is 4.79 Å². The minimum absolute atomic E-state index is 0.522. The van der Waals surface area contributed by atoms with Gasteiger partial charge in [0, 0.05) is 42.7 Å². The van der Waals surface area contributed by atoms with Crippen LogP contribution in [0, 0.1) is 0 Å². The lowest BCUT2D eigenvalue weighted by atomic mass is 10.2. The number of hydrazine groups is 1. The first-order valence-corrected chi connectivity index (χ1v) is 7.12. The summed E-state index contributed by atoms with van der Waals surface area (Å²) in [5.41, 5.74) is 3.10. The number of para-hydroxylation sites is 1. The molecule has 0 saturated heterocycles. The summed E-state index contributed by atoms with van der Waals surface area (Å²) >= 11 is 0. The number of aromatic nitrogens is 1. The number of nitrogens with one attached hydrogen (secondary N) is 1. The number of pyridine rings is 1. The number of aldehydes is 1. The molecule has 1 heterocycles. The normalized spacial score (nSPS) is 11.0. The van der Waals surface area contributed by atoms with Crippen molar-refractivity contribution in [2.45, 2.75) is 0 Å². The number of carbonyl (C=O) groups excluding carboxylic acids is 1. The van der Waals surface area contributed by atoms with E-state index < -0.39 is 0 Å². The van der Waals surface area contributed by atoms with Gasteiger partial charge in [0.05, 0.1) is 12.8 Å². The zero-order valence-corrected chi connectivity index (χ0v) is 13.2. The first-order valence-electron chi connectivity index (χ1n) is 7.12. The van der Waals surface area contributed by atoms with Gasteiger partial charge in [-0.1, -0.05) is 12.1 Å². The van der Waals surface area contributed by atoms with Gasteiger partial charge in [0.25, 0.3) is 0 Å². The molecular formula is C17H20N4O2. The van der Waals surface area contributed by atoms with Crippen LogP contribution in [-0.4, -0.2) is 37.0 Å². The fourth-order valence-electron chi connectivity index (χ4n) is 2.14. The van der Waals surface area contributed by atoms with E-state index in [-0.39, 0.29) is 0 Å². The fourth-order valence-corrected chi connectivity index (χ4v) is 2.14. The van der Waals surface area contributed by atoms with Crippen molar-refractivity contribution >= 4 is 17.7 Å². The van der Waals surface area contributed by atoms with E-state index in [0.717, 1.165) is 23.2 Å². The van der Waals surface area contributed by atoms with Gasteiger partial charge >= 0.3 is 0 Å². The van der Waals surface area contributed by atoms with Gasteiger partial charge in [-0.15, -0.1) is 0 Å². The average molecular weight is 312 g/mol. The van der Waals surface area contributed by atoms with Crippen LogP contribution < -0.4 is 15.9 Å². The number of nitrogens with zero attached hydrogens (tertiary/aromatic N) is 2. The van der Waals surface area contributed by atoms with Crippen molar-refractivity contribution in [1.82, 2.24) is 9.99 Å². The molecule has 3 N–H and O–H groups in total. The van der Waals surface area contributed by atoms with Crippen LogP contribution in [0.4, 0.5) is 5.69 Å². The first kappa shape index (κ1) is 16.5. The molecule has 0 radical (unpaired) electrons. The van der Waals surface area contributed by atoms with Crippen LogP contribution in [0.3, 0.4) is 0 Å². The maximum atomic E-state index is 11.0. The predicted molar refractivity (Wildman–Crippen MR) is 91.0 cm³/mol. The van der Waals surface area contributed by atoms with E-state index in [9.17, 15) is 4.79 Å². The molecule has 0 atom stereocenters. The zero-order valence-electron chi connectivity index (χ0n) is 13.2. The van der Waals surface area contributed by atoms with E-state index in [1.165, 1.54) is 5.01 Å². The lowest BCUT2D eigenvalue weighted by Crippen LogP contribution is -2.25. The third-order valence-corrected chi connectivity index (χ3v) is 3.30. The Labute approximate surface area is 135 Å². The highest BCUT2D eigenvalue weighted by Crippen LogP contribution is 2.18. The van der Waals surface area contributed by atoms with Gasteiger partial charge in [0.2, 0.25) is 5.88 Å². The molecule has 120 valence electrons. The van der Waals surface area contributed by atoms with Crippen LogP contribution in [0.2, 0.25) is 0 Å². The number of anilines is 1. The Morgan fingerprint density at radius 2 is 2.13 bits per heavy atom. The van der Waals surface area contributed by atoms with E-state index in [2.05, 4.69) is 10.3 Å². The van der Waals surface area contributed by atoms with E-state index in [0.29, 0.717) is 18.0 Å². The molecule has 6 nitrogen and oxygen atoms in total. The predicted octanol–water partition coefficient (Wildman–Crippen LogP) is 2.16. The zero-order chi connectivity index (χ0) is 16.7. The van der Waals surface area contributed by atoms with Crippen LogP contribution in [0.5, 0.6) is 5.88 Å². The van der Waals surface area contributed by atoms with E-state index in [4.69, 9.17) is 10.6 Å². The molecule has 0 unspecified atom stereocenters. The Morgan fingerprint density at radius 3 is 2.74 bits per heavy atom. The van der Waals surface area contributed by atoms with Crippen molar-refractivity contribution < 1.29 is 9.53 Å². The molecule has 0 saturated carbocycles. The minimum atomic E-state index is 0.522. The number of benzene rings is 1. The van der Waals surface area contributed by atoms with Crippen LogP contribution in [0.1, 0.15) is 15.9 Å². The summed E-state index contributed by atoms with van der Waals surface area (Å²) < 4.78 is 5.05. The number of methoxy groups -OCH3 is 1. The number of carbonyl (C=O) groups is 1. The fraction of sp³-hybridized carbons (Fsp3) is 0.176. The largest absolute Gasteiger partial charge is 0.481 e. The van der Waals surface area contributed by atoms with Gasteiger partial charge in [-0.2, -0.15) is 0 Å². The van der Waals surface area contributed by atoms with Crippen molar-refractivity contribution in [1.29, 1.82) is 0 Å². The molecule has 2 rings (SSSR count). The molecule has 1 aromatic heterocycles. The van der Waals surface area contributed by atoms with Crippen molar-refractivity contribution in [3.63, 3.8) is 0 Å². The summed E-state index contributed by atoms with van der Waals surface area (Å²) in [5, 5.41) is 4.73. The first-order chi connectivity index (χ1) is 11.2. The number of rotatable bonds is 7. The molecule has 1 aromatic carbocycles. The second-order valence-corrected chi connectivity index (χ2v) is 4.88. The third kappa shape index (κ3) is 4.31. The van der Waals surface area contributed by atoms with E-state index in [1.54, 1.807) is 32.5 Å². The molecule has 0 spiro atoms. The lowest BCUT2D eigenvalue weighted by Gasteiger charge is -2.17. The lowest BCUT2D eigenvalue weighted by molar-refractivity contribution is 0.112. The topological polar surface area (TPSA) is 80.5 Å². The van der Waals surface area contributed by atoms with Crippen molar-refractivity contribution in [3.8, 4) is 5.88 Å². The van der Waals surface area contributed by atoms with Crippen molar-refractivity contribution in [3.05, 3.63) is 59.8 Å². The van der Waals surface area contributed by atoms with Crippen molar-refractivity contribution in [2.75, 3.05) is 26.0 Å². The summed E-state index contributed by atoms with van der Waals surface area (Å²) in [6.45, 7) is 0.522. The van der Waals surface area contributed by atoms with Gasteiger partial charge in [0.15, 0.2) is 6.29 Å². The molecule has 2 aromatic rings. The summed E-state index contributed by atoms with van der Waals surface area (Å²) in [6.07, 6.45) is 4.47.